The summed E-state index contributed by atoms with van der Waals surface area (Å²) in [6.45, 7) is 0.633. The van der Waals surface area contributed by atoms with Crippen molar-refractivity contribution in [2.24, 2.45) is 0 Å². The van der Waals surface area contributed by atoms with Gasteiger partial charge in [-0.15, -0.1) is 0 Å². The number of anilines is 2. The Kier molecular flexibility index (Phi) is 6.14. The summed E-state index contributed by atoms with van der Waals surface area (Å²) in [7, 11) is 0. The maximum Gasteiger partial charge on any atom is 0.269 e. The number of amides is 1. The van der Waals surface area contributed by atoms with Crippen molar-refractivity contribution in [2.75, 3.05) is 10.6 Å². The van der Waals surface area contributed by atoms with Gasteiger partial charge in [-0.05, 0) is 35.9 Å². The third-order valence-electron chi connectivity index (χ3n) is 4.72. The van der Waals surface area contributed by atoms with Crippen LogP contribution in [0.25, 0.3) is 5.69 Å². The number of carbonyl (C=O) groups excluding carboxylic acids is 1. The van der Waals surface area contributed by atoms with Crippen LogP contribution in [0.2, 0.25) is 5.02 Å². The van der Waals surface area contributed by atoms with Crippen molar-refractivity contribution in [3.05, 3.63) is 111 Å². The number of halogens is 1. The van der Waals surface area contributed by atoms with Crippen molar-refractivity contribution in [3.63, 3.8) is 0 Å². The number of nitrogens with one attached hydrogen (secondary N) is 2. The Hall–Kier alpha value is -4.17. The van der Waals surface area contributed by atoms with Gasteiger partial charge in [0.05, 0.1) is 33.1 Å². The molecule has 0 aliphatic rings. The Morgan fingerprint density at radius 2 is 1.81 bits per heavy atom. The van der Waals surface area contributed by atoms with Gasteiger partial charge in [0.15, 0.2) is 0 Å². The van der Waals surface area contributed by atoms with Crippen LogP contribution in [0.1, 0.15) is 15.9 Å². The maximum absolute atomic E-state index is 12.6. The fraction of sp³-hybridized carbons (Fsp3) is 0.0435. The average Bonchev–Trinajstić information content (AvgIpc) is 3.30. The lowest BCUT2D eigenvalue weighted by Gasteiger charge is -2.11. The van der Waals surface area contributed by atoms with Crippen LogP contribution in [0.3, 0.4) is 0 Å². The Bertz CT molecular complexity index is 1260. The zero-order valence-electron chi connectivity index (χ0n) is 16.7. The van der Waals surface area contributed by atoms with Gasteiger partial charge in [0, 0.05) is 30.6 Å². The minimum atomic E-state index is -0.473. The first-order valence-electron chi connectivity index (χ1n) is 9.68. The van der Waals surface area contributed by atoms with Crippen molar-refractivity contribution >= 4 is 34.6 Å². The fourth-order valence-corrected chi connectivity index (χ4v) is 3.29. The molecule has 0 aliphatic heterocycles. The van der Waals surface area contributed by atoms with E-state index in [1.165, 1.54) is 23.0 Å². The molecule has 1 heterocycles. The summed E-state index contributed by atoms with van der Waals surface area (Å²) in [6, 6.07) is 21.1. The summed E-state index contributed by atoms with van der Waals surface area (Å²) in [6.07, 6.45) is 2.97. The number of carbonyl (C=O) groups is 1. The standard InChI is InChI=1S/C23H18ClN5O3/c24-21-12-18(6-11-22(21)25-13-16-4-2-1-3-5-16)27-23(30)17-14-26-28(15-17)19-7-9-20(10-8-19)29(31)32/h1-12,14-15,25H,13H2,(H,27,30). The van der Waals surface area contributed by atoms with E-state index in [2.05, 4.69) is 15.7 Å². The molecule has 0 saturated carbocycles. The molecule has 0 aliphatic carbocycles. The van der Waals surface area contributed by atoms with E-state index < -0.39 is 4.92 Å². The van der Waals surface area contributed by atoms with E-state index in [0.29, 0.717) is 28.5 Å². The van der Waals surface area contributed by atoms with E-state index in [9.17, 15) is 14.9 Å². The van der Waals surface area contributed by atoms with Gasteiger partial charge >= 0.3 is 0 Å². The van der Waals surface area contributed by atoms with Crippen LogP contribution in [-0.2, 0) is 6.54 Å². The van der Waals surface area contributed by atoms with Gasteiger partial charge in [0.1, 0.15) is 0 Å². The molecule has 0 bridgehead atoms. The number of nitro benzene ring substituents is 1. The highest BCUT2D eigenvalue weighted by Gasteiger charge is 2.12. The van der Waals surface area contributed by atoms with Gasteiger partial charge in [-0.25, -0.2) is 4.68 Å². The number of hydrogen-bond acceptors (Lipinski definition) is 5. The van der Waals surface area contributed by atoms with Gasteiger partial charge in [0.2, 0.25) is 0 Å². The Morgan fingerprint density at radius 1 is 1.06 bits per heavy atom. The number of hydrogen-bond donors (Lipinski definition) is 2. The van der Waals surface area contributed by atoms with Gasteiger partial charge in [-0.1, -0.05) is 41.9 Å². The van der Waals surface area contributed by atoms with E-state index in [0.717, 1.165) is 11.3 Å². The Labute approximate surface area is 188 Å². The number of non-ortho nitro benzene ring substituents is 1. The zero-order chi connectivity index (χ0) is 22.5. The summed E-state index contributed by atoms with van der Waals surface area (Å²) in [5.74, 6) is -0.348. The molecule has 1 amide bonds. The van der Waals surface area contributed by atoms with E-state index >= 15 is 0 Å². The van der Waals surface area contributed by atoms with Crippen LogP contribution >= 0.6 is 11.6 Å². The van der Waals surface area contributed by atoms with Crippen LogP contribution < -0.4 is 10.6 Å². The highest BCUT2D eigenvalue weighted by Crippen LogP contribution is 2.26. The van der Waals surface area contributed by atoms with Gasteiger partial charge in [0.25, 0.3) is 11.6 Å². The largest absolute Gasteiger partial charge is 0.380 e. The van der Waals surface area contributed by atoms with Crippen molar-refractivity contribution in [2.45, 2.75) is 6.54 Å². The first-order valence-corrected chi connectivity index (χ1v) is 10.1. The predicted octanol–water partition coefficient (Wildman–Crippen LogP) is 5.30. The number of nitro groups is 1. The monoisotopic (exact) mass is 447 g/mol. The average molecular weight is 448 g/mol. The summed E-state index contributed by atoms with van der Waals surface area (Å²) < 4.78 is 1.47. The van der Waals surface area contributed by atoms with E-state index in [1.807, 2.05) is 30.3 Å². The molecule has 0 atom stereocenters. The minimum Gasteiger partial charge on any atom is -0.380 e. The van der Waals surface area contributed by atoms with Crippen LogP contribution in [0.4, 0.5) is 17.1 Å². The second kappa shape index (κ2) is 9.32. The highest BCUT2D eigenvalue weighted by molar-refractivity contribution is 6.33. The van der Waals surface area contributed by atoms with E-state index in [4.69, 9.17) is 11.6 Å². The fourth-order valence-electron chi connectivity index (χ4n) is 3.04. The molecule has 160 valence electrons. The predicted molar refractivity (Wildman–Crippen MR) is 123 cm³/mol. The van der Waals surface area contributed by atoms with Crippen molar-refractivity contribution < 1.29 is 9.72 Å². The second-order valence-electron chi connectivity index (χ2n) is 6.93. The van der Waals surface area contributed by atoms with Crippen molar-refractivity contribution in [3.8, 4) is 5.69 Å². The number of benzene rings is 3. The topological polar surface area (TPSA) is 102 Å². The molecule has 2 N–H and O–H groups in total. The molecule has 32 heavy (non-hydrogen) atoms. The highest BCUT2D eigenvalue weighted by atomic mass is 35.5. The van der Waals surface area contributed by atoms with Crippen molar-refractivity contribution in [1.29, 1.82) is 0 Å². The molecule has 0 saturated heterocycles. The van der Waals surface area contributed by atoms with Crippen LogP contribution in [0.15, 0.2) is 85.2 Å². The second-order valence-corrected chi connectivity index (χ2v) is 7.34. The molecule has 0 unspecified atom stereocenters. The molecule has 8 nitrogen and oxygen atoms in total. The molecular formula is C23H18ClN5O3. The quantitative estimate of drug-likeness (QED) is 0.295. The smallest absolute Gasteiger partial charge is 0.269 e. The zero-order valence-corrected chi connectivity index (χ0v) is 17.5. The Balaban J connectivity index is 1.40. The molecule has 9 heteroatoms. The number of rotatable bonds is 7. The normalized spacial score (nSPS) is 10.5. The number of nitrogens with zero attached hydrogens (tertiary/aromatic N) is 3. The first kappa shape index (κ1) is 21.1. The third-order valence-corrected chi connectivity index (χ3v) is 5.04. The SMILES string of the molecule is O=C(Nc1ccc(NCc2ccccc2)c(Cl)c1)c1cnn(-c2ccc([N+](=O)[O-])cc2)c1. The van der Waals surface area contributed by atoms with Gasteiger partial charge in [-0.2, -0.15) is 5.10 Å². The summed E-state index contributed by atoms with van der Waals surface area (Å²) in [5, 5.41) is 21.5. The molecule has 0 spiro atoms. The molecule has 0 radical (unpaired) electrons. The van der Waals surface area contributed by atoms with Crippen LogP contribution in [0.5, 0.6) is 0 Å². The lowest BCUT2D eigenvalue weighted by Crippen LogP contribution is -2.11. The lowest BCUT2D eigenvalue weighted by atomic mass is 10.2. The van der Waals surface area contributed by atoms with Gasteiger partial charge in [-0.3, -0.25) is 14.9 Å². The molecular weight excluding hydrogens is 430 g/mol. The summed E-state index contributed by atoms with van der Waals surface area (Å²) in [4.78, 5) is 22.9. The van der Waals surface area contributed by atoms with Crippen LogP contribution in [-0.4, -0.2) is 20.6 Å². The summed E-state index contributed by atoms with van der Waals surface area (Å²) >= 11 is 6.37. The lowest BCUT2D eigenvalue weighted by molar-refractivity contribution is -0.384. The molecule has 3 aromatic carbocycles. The van der Waals surface area contributed by atoms with Gasteiger partial charge < -0.3 is 10.6 Å². The van der Waals surface area contributed by atoms with E-state index in [1.54, 1.807) is 36.5 Å². The number of aromatic nitrogens is 2. The first-order chi connectivity index (χ1) is 15.5. The minimum absolute atomic E-state index is 0.0162. The Morgan fingerprint density at radius 3 is 2.50 bits per heavy atom. The summed E-state index contributed by atoms with van der Waals surface area (Å²) in [5.41, 5.74) is 3.37. The molecule has 1 aromatic heterocycles. The van der Waals surface area contributed by atoms with Crippen molar-refractivity contribution in [1.82, 2.24) is 9.78 Å². The maximum atomic E-state index is 12.6. The molecule has 4 rings (SSSR count). The molecule has 0 fully saturated rings. The van der Waals surface area contributed by atoms with E-state index in [-0.39, 0.29) is 11.6 Å². The third kappa shape index (κ3) is 4.93. The van der Waals surface area contributed by atoms with Crippen LogP contribution in [0, 0.1) is 10.1 Å². The molecule has 4 aromatic rings.